The van der Waals surface area contributed by atoms with E-state index in [2.05, 4.69) is 15.5 Å². The van der Waals surface area contributed by atoms with Crippen LogP contribution in [0, 0.1) is 5.82 Å². The van der Waals surface area contributed by atoms with Gasteiger partial charge in [0.1, 0.15) is 5.82 Å². The number of aromatic nitrogens is 1. The van der Waals surface area contributed by atoms with Crippen molar-refractivity contribution < 1.29 is 17.6 Å². The number of pyridine rings is 1. The third-order valence-corrected chi connectivity index (χ3v) is 5.89. The lowest BCUT2D eigenvalue weighted by molar-refractivity contribution is -0.121. The van der Waals surface area contributed by atoms with Crippen molar-refractivity contribution in [1.29, 1.82) is 0 Å². The van der Waals surface area contributed by atoms with Crippen molar-refractivity contribution in [1.82, 2.24) is 14.7 Å². The van der Waals surface area contributed by atoms with Crippen molar-refractivity contribution in [2.75, 3.05) is 6.54 Å². The van der Waals surface area contributed by atoms with E-state index in [4.69, 9.17) is 0 Å². The molecule has 1 heterocycles. The fourth-order valence-electron chi connectivity index (χ4n) is 2.58. The van der Waals surface area contributed by atoms with E-state index >= 15 is 0 Å². The molecule has 30 heavy (non-hydrogen) atoms. The van der Waals surface area contributed by atoms with Crippen molar-refractivity contribution >= 4 is 22.1 Å². The maximum atomic E-state index is 13.2. The van der Waals surface area contributed by atoms with Gasteiger partial charge in [-0.1, -0.05) is 30.3 Å². The lowest BCUT2D eigenvalue weighted by atomic mass is 10.2. The summed E-state index contributed by atoms with van der Waals surface area (Å²) in [7, 11) is -3.96. The molecule has 0 saturated carbocycles. The summed E-state index contributed by atoms with van der Waals surface area (Å²) in [6.45, 7) is -0.554. The smallest absolute Gasteiger partial charge is 0.255 e. The number of halogens is 1. The molecular weight excluding hydrogens is 407 g/mol. The largest absolute Gasteiger partial charge is 0.272 e. The number of rotatable bonds is 8. The minimum absolute atomic E-state index is 0.0557. The zero-order valence-electron chi connectivity index (χ0n) is 15.8. The molecule has 0 aliphatic heterocycles. The highest BCUT2D eigenvalue weighted by molar-refractivity contribution is 7.89. The summed E-state index contributed by atoms with van der Waals surface area (Å²) in [6.07, 6.45) is 4.59. The van der Waals surface area contributed by atoms with Crippen LogP contribution in [0.1, 0.15) is 11.1 Å². The Labute approximate surface area is 173 Å². The van der Waals surface area contributed by atoms with Crippen LogP contribution < -0.4 is 5.43 Å². The van der Waals surface area contributed by atoms with Crippen LogP contribution in [-0.2, 0) is 21.4 Å². The Morgan fingerprint density at radius 3 is 2.37 bits per heavy atom. The number of benzene rings is 2. The van der Waals surface area contributed by atoms with E-state index in [1.807, 2.05) is 0 Å². The second-order valence-corrected chi connectivity index (χ2v) is 8.22. The predicted octanol–water partition coefficient (Wildman–Crippen LogP) is 2.56. The van der Waals surface area contributed by atoms with Gasteiger partial charge in [0.15, 0.2) is 0 Å². The first-order valence-corrected chi connectivity index (χ1v) is 10.4. The summed E-state index contributed by atoms with van der Waals surface area (Å²) in [6, 6.07) is 16.6. The quantitative estimate of drug-likeness (QED) is 0.443. The third kappa shape index (κ3) is 5.79. The Bertz CT molecular complexity index is 1110. The Morgan fingerprint density at radius 2 is 1.70 bits per heavy atom. The van der Waals surface area contributed by atoms with Crippen molar-refractivity contribution in [2.45, 2.75) is 11.4 Å². The Morgan fingerprint density at radius 1 is 1.03 bits per heavy atom. The zero-order chi connectivity index (χ0) is 21.4. The highest BCUT2D eigenvalue weighted by atomic mass is 32.2. The fourth-order valence-corrected chi connectivity index (χ4v) is 3.99. The van der Waals surface area contributed by atoms with E-state index < -0.39 is 28.3 Å². The summed E-state index contributed by atoms with van der Waals surface area (Å²) in [5.74, 6) is -1.04. The van der Waals surface area contributed by atoms with Gasteiger partial charge >= 0.3 is 0 Å². The van der Waals surface area contributed by atoms with Gasteiger partial charge in [-0.2, -0.15) is 9.41 Å². The number of carbonyl (C=O) groups is 1. The molecule has 9 heteroatoms. The molecule has 0 atom stereocenters. The molecule has 0 bridgehead atoms. The zero-order valence-corrected chi connectivity index (χ0v) is 16.7. The minimum Gasteiger partial charge on any atom is -0.272 e. The number of hydrogen-bond donors (Lipinski definition) is 1. The number of nitrogens with zero attached hydrogens (tertiary/aromatic N) is 3. The van der Waals surface area contributed by atoms with E-state index in [1.165, 1.54) is 42.6 Å². The van der Waals surface area contributed by atoms with Crippen LogP contribution in [0.25, 0.3) is 0 Å². The van der Waals surface area contributed by atoms with Crippen LogP contribution in [0.5, 0.6) is 0 Å². The van der Waals surface area contributed by atoms with Crippen LogP contribution in [0.2, 0.25) is 0 Å². The van der Waals surface area contributed by atoms with Gasteiger partial charge in [0, 0.05) is 18.9 Å². The molecule has 154 valence electrons. The average molecular weight is 426 g/mol. The summed E-state index contributed by atoms with van der Waals surface area (Å²) in [5, 5.41) is 3.84. The first-order chi connectivity index (χ1) is 14.4. The molecule has 0 aliphatic rings. The number of amides is 1. The third-order valence-electron chi connectivity index (χ3n) is 4.08. The van der Waals surface area contributed by atoms with E-state index in [0.29, 0.717) is 5.56 Å². The van der Waals surface area contributed by atoms with Crippen molar-refractivity contribution in [3.05, 3.63) is 96.1 Å². The first kappa shape index (κ1) is 21.3. The fraction of sp³-hybridized carbons (Fsp3) is 0.0952. The van der Waals surface area contributed by atoms with Gasteiger partial charge in [-0.25, -0.2) is 18.2 Å². The molecule has 3 aromatic rings. The van der Waals surface area contributed by atoms with Gasteiger partial charge in [-0.15, -0.1) is 0 Å². The maximum Gasteiger partial charge on any atom is 0.255 e. The lowest BCUT2D eigenvalue weighted by Crippen LogP contribution is -2.39. The SMILES string of the molecule is O=C(CN(Cc1ccc(F)cc1)S(=O)(=O)c1ccccc1)N/N=C\c1ccncc1. The molecule has 0 spiro atoms. The second-order valence-electron chi connectivity index (χ2n) is 6.29. The number of hydrazone groups is 1. The molecule has 2 aromatic carbocycles. The van der Waals surface area contributed by atoms with Crippen molar-refractivity contribution in [3.63, 3.8) is 0 Å². The molecule has 0 saturated heterocycles. The normalized spacial score (nSPS) is 11.7. The molecule has 0 fully saturated rings. The van der Waals surface area contributed by atoms with E-state index in [0.717, 1.165) is 9.87 Å². The summed E-state index contributed by atoms with van der Waals surface area (Å²) in [5.41, 5.74) is 3.60. The molecule has 0 aliphatic carbocycles. The lowest BCUT2D eigenvalue weighted by Gasteiger charge is -2.21. The summed E-state index contributed by atoms with van der Waals surface area (Å²) < 4.78 is 40.3. The van der Waals surface area contributed by atoms with Gasteiger partial charge in [-0.05, 0) is 47.5 Å². The predicted molar refractivity (Wildman–Crippen MR) is 110 cm³/mol. The van der Waals surface area contributed by atoms with Gasteiger partial charge in [-0.3, -0.25) is 9.78 Å². The Hall–Kier alpha value is -3.43. The minimum atomic E-state index is -3.96. The maximum absolute atomic E-state index is 13.2. The highest BCUT2D eigenvalue weighted by Gasteiger charge is 2.26. The van der Waals surface area contributed by atoms with E-state index in [-0.39, 0.29) is 11.4 Å². The van der Waals surface area contributed by atoms with Crippen LogP contribution >= 0.6 is 0 Å². The molecule has 1 amide bonds. The van der Waals surface area contributed by atoms with Crippen LogP contribution in [-0.4, -0.2) is 36.4 Å². The molecular formula is C21H19FN4O3S. The standard InChI is InChI=1S/C21H19FN4O3S/c22-19-8-6-18(7-9-19)15-26(30(28,29)20-4-2-1-3-5-20)16-21(27)25-24-14-17-10-12-23-13-11-17/h1-14H,15-16H2,(H,25,27)/b24-14-. The average Bonchev–Trinajstić information content (AvgIpc) is 2.76. The van der Waals surface area contributed by atoms with Crippen LogP contribution in [0.4, 0.5) is 4.39 Å². The van der Waals surface area contributed by atoms with Crippen LogP contribution in [0.3, 0.4) is 0 Å². The summed E-state index contributed by atoms with van der Waals surface area (Å²) >= 11 is 0. The van der Waals surface area contributed by atoms with Gasteiger partial charge in [0.05, 0.1) is 17.7 Å². The Balaban J connectivity index is 1.77. The topological polar surface area (TPSA) is 91.7 Å². The van der Waals surface area contributed by atoms with E-state index in [1.54, 1.807) is 42.7 Å². The second kappa shape index (κ2) is 9.86. The van der Waals surface area contributed by atoms with Gasteiger partial charge < -0.3 is 0 Å². The number of carbonyl (C=O) groups excluding carboxylic acids is 1. The summed E-state index contributed by atoms with van der Waals surface area (Å²) in [4.78, 5) is 16.3. The monoisotopic (exact) mass is 426 g/mol. The number of sulfonamides is 1. The van der Waals surface area contributed by atoms with Gasteiger partial charge in [0.25, 0.3) is 5.91 Å². The van der Waals surface area contributed by atoms with Crippen molar-refractivity contribution in [3.8, 4) is 0 Å². The highest BCUT2D eigenvalue weighted by Crippen LogP contribution is 2.18. The Kier molecular flexibility index (Phi) is 6.99. The molecule has 1 N–H and O–H groups in total. The molecule has 7 nitrogen and oxygen atoms in total. The van der Waals surface area contributed by atoms with E-state index in [9.17, 15) is 17.6 Å². The van der Waals surface area contributed by atoms with Crippen LogP contribution in [0.15, 0.2) is 89.1 Å². The number of nitrogens with one attached hydrogen (secondary N) is 1. The molecule has 3 rings (SSSR count). The van der Waals surface area contributed by atoms with Gasteiger partial charge in [0.2, 0.25) is 10.0 Å². The molecule has 1 aromatic heterocycles. The number of hydrogen-bond acceptors (Lipinski definition) is 5. The molecule has 0 unspecified atom stereocenters. The first-order valence-electron chi connectivity index (χ1n) is 8.97. The molecule has 0 radical (unpaired) electrons. The van der Waals surface area contributed by atoms with Crippen molar-refractivity contribution in [2.24, 2.45) is 5.10 Å².